The molecule has 1 aromatic heterocycles. The fourth-order valence-electron chi connectivity index (χ4n) is 4.86. The van der Waals surface area contributed by atoms with Gasteiger partial charge in [0.2, 0.25) is 5.88 Å². The number of nitro groups is 1. The average molecular weight is 494 g/mol. The van der Waals surface area contributed by atoms with Crippen LogP contribution in [0.15, 0.2) is 66.6 Å². The number of hydrogen-bond acceptors (Lipinski definition) is 7. The van der Waals surface area contributed by atoms with Crippen LogP contribution in [0.4, 0.5) is 8.78 Å². The van der Waals surface area contributed by atoms with E-state index in [1.54, 1.807) is 0 Å². The molecule has 0 N–H and O–H groups in total. The normalized spacial score (nSPS) is 18.8. The topological polar surface area (TPSA) is 108 Å². The number of nitrogens with zero attached hydrogens (tertiary/aromatic N) is 4. The van der Waals surface area contributed by atoms with Crippen LogP contribution < -0.4 is 9.47 Å². The Bertz CT molecular complexity index is 1370. The fourth-order valence-corrected chi connectivity index (χ4v) is 4.86. The third-order valence-electron chi connectivity index (χ3n) is 6.39. The maximum atomic E-state index is 13.2. The highest BCUT2D eigenvalue weighted by molar-refractivity contribution is 5.99. The number of halogens is 2. The van der Waals surface area contributed by atoms with Crippen LogP contribution in [-0.2, 0) is 6.61 Å². The first-order valence-corrected chi connectivity index (χ1v) is 11.1. The molecule has 2 aliphatic rings. The average Bonchev–Trinajstić information content (AvgIpc) is 3.23. The molecule has 0 fully saturated rings. The van der Waals surface area contributed by atoms with Crippen LogP contribution in [0.1, 0.15) is 39.5 Å². The Morgan fingerprint density at radius 2 is 1.94 bits per heavy atom. The molecule has 0 spiro atoms. The molecule has 2 heterocycles. The molecule has 3 aromatic rings. The Hall–Kier alpha value is -4.41. The van der Waals surface area contributed by atoms with Crippen molar-refractivity contribution >= 4 is 11.5 Å². The minimum Gasteiger partial charge on any atom is -0.473 e. The predicted octanol–water partition coefficient (Wildman–Crippen LogP) is 4.29. The van der Waals surface area contributed by atoms with Gasteiger partial charge in [0.1, 0.15) is 24.7 Å². The summed E-state index contributed by atoms with van der Waals surface area (Å²) in [5.41, 5.74) is 1.43. The van der Waals surface area contributed by atoms with Crippen LogP contribution in [-0.4, -0.2) is 45.4 Å². The molecule has 1 aliphatic heterocycles. The lowest BCUT2D eigenvalue weighted by Crippen LogP contribution is -2.38. The third-order valence-corrected chi connectivity index (χ3v) is 6.39. The van der Waals surface area contributed by atoms with Crippen LogP contribution in [0.2, 0.25) is 0 Å². The van der Waals surface area contributed by atoms with E-state index in [9.17, 15) is 23.7 Å². The van der Waals surface area contributed by atoms with E-state index in [0.29, 0.717) is 0 Å². The largest absolute Gasteiger partial charge is 0.473 e. The van der Waals surface area contributed by atoms with Crippen molar-refractivity contribution < 1.29 is 28.0 Å². The summed E-state index contributed by atoms with van der Waals surface area (Å²) in [5, 5.41) is 12.2. The SMILES string of the molecule is CN1C(=O)c2cccc(OC(F)F)c2[C@H]2C[C@@H]1C([N+](=O)[O-])=C2c1cc(OCc2ccccc2)ncn1. The van der Waals surface area contributed by atoms with Gasteiger partial charge in [0, 0.05) is 30.2 Å². The Morgan fingerprint density at radius 1 is 1.17 bits per heavy atom. The molecule has 0 unspecified atom stereocenters. The van der Waals surface area contributed by atoms with Gasteiger partial charge in [-0.25, -0.2) is 9.97 Å². The molecule has 9 nitrogen and oxygen atoms in total. The number of aromatic nitrogens is 2. The molecule has 2 bridgehead atoms. The summed E-state index contributed by atoms with van der Waals surface area (Å²) < 4.78 is 37.0. The Labute approximate surface area is 204 Å². The molecule has 2 atom stereocenters. The highest BCUT2D eigenvalue weighted by atomic mass is 19.3. The standard InChI is InChI=1S/C25H20F2N4O5/c1-30-18-10-16(21-15(24(30)32)8-5-9-19(21)36-25(26)27)22(23(18)31(33)34)17-11-20(29-13-28-17)35-12-14-6-3-2-4-7-14/h2-9,11,13,16,18,25H,10,12H2,1H3/t16-,18-/m1/s1. The summed E-state index contributed by atoms with van der Waals surface area (Å²) >= 11 is 0. The van der Waals surface area contributed by atoms with Crippen molar-refractivity contribution in [3.63, 3.8) is 0 Å². The zero-order chi connectivity index (χ0) is 25.4. The summed E-state index contributed by atoms with van der Waals surface area (Å²) in [7, 11) is 1.46. The molecule has 2 aromatic carbocycles. The second kappa shape index (κ2) is 9.33. The molecule has 11 heteroatoms. The molecular formula is C25H20F2N4O5. The van der Waals surface area contributed by atoms with E-state index < -0.39 is 29.4 Å². The minimum atomic E-state index is -3.13. The van der Waals surface area contributed by atoms with Crippen molar-refractivity contribution in [3.05, 3.63) is 99.1 Å². The Morgan fingerprint density at radius 3 is 2.67 bits per heavy atom. The van der Waals surface area contributed by atoms with Gasteiger partial charge in [-0.2, -0.15) is 8.78 Å². The third kappa shape index (κ3) is 4.12. The number of rotatable bonds is 7. The van der Waals surface area contributed by atoms with Crippen molar-refractivity contribution in [2.45, 2.75) is 31.6 Å². The van der Waals surface area contributed by atoms with Gasteiger partial charge >= 0.3 is 6.61 Å². The van der Waals surface area contributed by atoms with E-state index in [1.807, 2.05) is 30.3 Å². The minimum absolute atomic E-state index is 0.120. The van der Waals surface area contributed by atoms with Gasteiger partial charge in [-0.1, -0.05) is 36.4 Å². The van der Waals surface area contributed by atoms with Gasteiger partial charge in [0.15, 0.2) is 0 Å². The predicted molar refractivity (Wildman–Crippen MR) is 123 cm³/mol. The van der Waals surface area contributed by atoms with Gasteiger partial charge in [0.25, 0.3) is 11.6 Å². The van der Waals surface area contributed by atoms with Gasteiger partial charge < -0.3 is 14.4 Å². The van der Waals surface area contributed by atoms with Crippen LogP contribution in [0, 0.1) is 10.1 Å². The van der Waals surface area contributed by atoms with Crippen LogP contribution in [0.25, 0.3) is 5.57 Å². The van der Waals surface area contributed by atoms with Crippen molar-refractivity contribution in [2.24, 2.45) is 0 Å². The second-order valence-corrected chi connectivity index (χ2v) is 8.39. The molecule has 0 radical (unpaired) electrons. The summed E-state index contributed by atoms with van der Waals surface area (Å²) in [4.78, 5) is 34.5. The zero-order valence-electron chi connectivity index (χ0n) is 19.0. The summed E-state index contributed by atoms with van der Waals surface area (Å²) in [6, 6.07) is 14.3. The summed E-state index contributed by atoms with van der Waals surface area (Å²) in [6.07, 6.45) is 1.35. The number of ether oxygens (including phenoxy) is 2. The van der Waals surface area contributed by atoms with Crippen LogP contribution >= 0.6 is 0 Å². The van der Waals surface area contributed by atoms with E-state index in [1.165, 1.54) is 42.5 Å². The number of alkyl halides is 2. The van der Waals surface area contributed by atoms with Gasteiger partial charge in [0.05, 0.1) is 16.2 Å². The van der Waals surface area contributed by atoms with Crippen molar-refractivity contribution in [1.29, 1.82) is 0 Å². The molecule has 1 amide bonds. The number of fused-ring (bicyclic) bond motifs is 4. The number of amides is 1. The number of hydrogen-bond donors (Lipinski definition) is 0. The van der Waals surface area contributed by atoms with Crippen LogP contribution in [0.3, 0.4) is 0 Å². The Balaban J connectivity index is 1.62. The van der Waals surface area contributed by atoms with E-state index >= 15 is 0 Å². The first-order valence-electron chi connectivity index (χ1n) is 11.1. The monoisotopic (exact) mass is 494 g/mol. The van der Waals surface area contributed by atoms with E-state index in [-0.39, 0.29) is 52.7 Å². The first-order chi connectivity index (χ1) is 17.3. The second-order valence-electron chi connectivity index (χ2n) is 8.39. The van der Waals surface area contributed by atoms with Crippen molar-refractivity contribution in [1.82, 2.24) is 14.9 Å². The van der Waals surface area contributed by atoms with Crippen molar-refractivity contribution in [2.75, 3.05) is 7.05 Å². The Kier molecular flexibility index (Phi) is 6.05. The van der Waals surface area contributed by atoms with E-state index in [2.05, 4.69) is 9.97 Å². The van der Waals surface area contributed by atoms with Crippen LogP contribution in [0.5, 0.6) is 11.6 Å². The molecule has 184 valence electrons. The van der Waals surface area contributed by atoms with Crippen molar-refractivity contribution in [3.8, 4) is 11.6 Å². The molecule has 0 saturated heterocycles. The zero-order valence-corrected chi connectivity index (χ0v) is 19.0. The number of carbonyl (C=O) groups excluding carboxylic acids is 1. The van der Waals surface area contributed by atoms with E-state index in [4.69, 9.17) is 9.47 Å². The number of likely N-dealkylation sites (N-methyl/N-ethyl adjacent to an activating group) is 1. The lowest BCUT2D eigenvalue weighted by Gasteiger charge is -2.24. The van der Waals surface area contributed by atoms with E-state index in [0.717, 1.165) is 5.56 Å². The number of carbonyl (C=O) groups is 1. The van der Waals surface area contributed by atoms with Gasteiger partial charge in [-0.15, -0.1) is 0 Å². The molecule has 36 heavy (non-hydrogen) atoms. The first kappa shape index (κ1) is 23.3. The maximum absolute atomic E-state index is 13.2. The number of allylic oxidation sites excluding steroid dienone is 1. The smallest absolute Gasteiger partial charge is 0.387 e. The summed E-state index contributed by atoms with van der Waals surface area (Å²) in [6.45, 7) is -2.92. The number of benzene rings is 2. The highest BCUT2D eigenvalue weighted by Gasteiger charge is 2.51. The quantitative estimate of drug-likeness (QED) is 0.356. The molecule has 5 rings (SSSR count). The van der Waals surface area contributed by atoms with Gasteiger partial charge in [-0.3, -0.25) is 14.9 Å². The lowest BCUT2D eigenvalue weighted by molar-refractivity contribution is -0.430. The van der Waals surface area contributed by atoms with Gasteiger partial charge in [-0.05, 0) is 24.1 Å². The maximum Gasteiger partial charge on any atom is 0.387 e. The lowest BCUT2D eigenvalue weighted by atomic mass is 9.86. The molecule has 0 saturated carbocycles. The fraction of sp³-hybridized carbons (Fsp3) is 0.240. The highest BCUT2D eigenvalue weighted by Crippen LogP contribution is 2.52. The summed E-state index contributed by atoms with van der Waals surface area (Å²) in [5.74, 6) is -1.30. The molecule has 1 aliphatic carbocycles. The molecular weight excluding hydrogens is 474 g/mol.